The highest BCUT2D eigenvalue weighted by molar-refractivity contribution is 9.09. The van der Waals surface area contributed by atoms with Gasteiger partial charge in [0, 0.05) is 75.7 Å². The summed E-state index contributed by atoms with van der Waals surface area (Å²) in [6, 6.07) is 6.22. The molecule has 3 rings (SSSR count). The van der Waals surface area contributed by atoms with Crippen molar-refractivity contribution in [1.29, 1.82) is 0 Å². The van der Waals surface area contributed by atoms with Crippen molar-refractivity contribution in [3.05, 3.63) is 57.9 Å². The molecule has 204 valence electrons. The van der Waals surface area contributed by atoms with Gasteiger partial charge in [0.2, 0.25) is 10.0 Å². The van der Waals surface area contributed by atoms with Gasteiger partial charge in [0.1, 0.15) is 4.90 Å². The first-order chi connectivity index (χ1) is 17.4. The molecule has 15 heteroatoms. The van der Waals surface area contributed by atoms with Crippen molar-refractivity contribution in [2.75, 3.05) is 62.4 Å². The van der Waals surface area contributed by atoms with Gasteiger partial charge in [-0.05, 0) is 30.2 Å². The first-order valence-electron chi connectivity index (χ1n) is 11.5. The monoisotopic (exact) mass is 619 g/mol. The van der Waals surface area contributed by atoms with Gasteiger partial charge in [-0.15, -0.1) is 0 Å². The summed E-state index contributed by atoms with van der Waals surface area (Å²) in [5.74, 6) is 0. The number of pyridine rings is 1. The molecule has 1 aliphatic heterocycles. The first kappa shape index (κ1) is 29.4. The second-order valence-corrected chi connectivity index (χ2v) is 12.9. The van der Waals surface area contributed by atoms with Gasteiger partial charge >= 0.3 is 0 Å². The number of hydrogen-bond acceptors (Lipinski definition) is 10. The number of halogens is 1. The number of alkyl halides is 1. The van der Waals surface area contributed by atoms with Crippen LogP contribution in [0.4, 0.5) is 11.4 Å². The van der Waals surface area contributed by atoms with E-state index < -0.39 is 25.1 Å². The van der Waals surface area contributed by atoms with E-state index in [1.807, 2.05) is 12.1 Å². The molecule has 1 fully saturated rings. The van der Waals surface area contributed by atoms with Gasteiger partial charge in [0.05, 0.1) is 23.5 Å². The van der Waals surface area contributed by atoms with Gasteiger partial charge in [0.25, 0.3) is 15.8 Å². The third kappa shape index (κ3) is 7.91. The predicted molar refractivity (Wildman–Crippen MR) is 143 cm³/mol. The summed E-state index contributed by atoms with van der Waals surface area (Å²) in [6.07, 6.45) is 4.35. The molecule has 1 aromatic heterocycles. The Morgan fingerprint density at radius 3 is 2.32 bits per heavy atom. The lowest BCUT2D eigenvalue weighted by atomic mass is 10.1. The fraction of sp³-hybridized carbons (Fsp3) is 0.500. The minimum atomic E-state index is -4.11. The molecule has 2 aromatic rings. The van der Waals surface area contributed by atoms with Crippen molar-refractivity contribution < 1.29 is 25.9 Å². The van der Waals surface area contributed by atoms with Crippen molar-refractivity contribution in [1.82, 2.24) is 14.2 Å². The molecule has 12 nitrogen and oxygen atoms in total. The molecule has 0 unspecified atom stereocenters. The zero-order valence-corrected chi connectivity index (χ0v) is 23.8. The molecule has 0 aliphatic carbocycles. The minimum absolute atomic E-state index is 0.0690. The lowest BCUT2D eigenvalue weighted by Crippen LogP contribution is -2.48. The van der Waals surface area contributed by atoms with E-state index >= 15 is 0 Å². The van der Waals surface area contributed by atoms with Crippen LogP contribution in [0.1, 0.15) is 11.1 Å². The van der Waals surface area contributed by atoms with Crippen molar-refractivity contribution in [2.45, 2.75) is 18.4 Å². The van der Waals surface area contributed by atoms with Crippen LogP contribution in [-0.2, 0) is 30.9 Å². The Hall–Kier alpha value is -2.17. The summed E-state index contributed by atoms with van der Waals surface area (Å²) in [7, 11) is -7.80. The van der Waals surface area contributed by atoms with Crippen molar-refractivity contribution in [3.63, 3.8) is 0 Å². The number of nitro benzene ring substituents is 1. The van der Waals surface area contributed by atoms with Gasteiger partial charge in [-0.25, -0.2) is 8.42 Å². The summed E-state index contributed by atoms with van der Waals surface area (Å²) in [6.45, 7) is 3.91. The number of non-ortho nitro benzene ring substituents is 1. The molecule has 0 atom stereocenters. The topological polar surface area (TPSA) is 143 Å². The van der Waals surface area contributed by atoms with E-state index in [0.29, 0.717) is 42.8 Å². The lowest BCUT2D eigenvalue weighted by Gasteiger charge is -2.35. The Kier molecular flexibility index (Phi) is 9.99. The van der Waals surface area contributed by atoms with E-state index in [1.54, 1.807) is 24.2 Å². The van der Waals surface area contributed by atoms with Crippen molar-refractivity contribution in [2.24, 2.45) is 0 Å². The van der Waals surface area contributed by atoms with E-state index in [1.165, 1.54) is 10.4 Å². The molecular weight excluding hydrogens is 590 g/mol. The van der Waals surface area contributed by atoms with E-state index in [4.69, 9.17) is 4.18 Å². The summed E-state index contributed by atoms with van der Waals surface area (Å²) in [5.41, 5.74) is 1.43. The van der Waals surface area contributed by atoms with Crippen LogP contribution in [0.2, 0.25) is 0 Å². The fourth-order valence-corrected chi connectivity index (χ4v) is 6.72. The zero-order valence-electron chi connectivity index (χ0n) is 20.6. The van der Waals surface area contributed by atoms with Crippen molar-refractivity contribution in [3.8, 4) is 0 Å². The zero-order chi connectivity index (χ0) is 27.2. The molecule has 2 heterocycles. The number of nitrogens with zero attached hydrogens (tertiary/aromatic N) is 5. The van der Waals surface area contributed by atoms with Crippen LogP contribution in [0, 0.1) is 17.0 Å². The molecule has 37 heavy (non-hydrogen) atoms. The van der Waals surface area contributed by atoms with Crippen molar-refractivity contribution >= 4 is 47.4 Å². The minimum Gasteiger partial charge on any atom is -0.367 e. The molecule has 1 saturated heterocycles. The van der Waals surface area contributed by atoms with Gasteiger partial charge in [0.15, 0.2) is 0 Å². The number of piperazine rings is 1. The standard InChI is InChI=1S/C22H30BrN5O7S2/c1-18-15-20(28(29)30)16-21(22(18)26(8-5-23)13-14-35-36(2,31)32)37(33,34)27-11-9-25(10-12-27)17-19-3-6-24-7-4-19/h3-4,6-7,15-16H,5,8-14,17H2,1-2H3. The van der Waals surface area contributed by atoms with E-state index in [-0.39, 0.29) is 36.8 Å². The first-order valence-corrected chi connectivity index (χ1v) is 15.9. The van der Waals surface area contributed by atoms with Gasteiger partial charge in [-0.2, -0.15) is 12.7 Å². The Bertz CT molecular complexity index is 1300. The molecule has 0 spiro atoms. The van der Waals surface area contributed by atoms with Gasteiger partial charge < -0.3 is 4.90 Å². The average molecular weight is 621 g/mol. The number of aromatic nitrogens is 1. The normalized spacial score (nSPS) is 15.5. The highest BCUT2D eigenvalue weighted by Gasteiger charge is 2.34. The average Bonchev–Trinajstić information content (AvgIpc) is 2.83. The van der Waals surface area contributed by atoms with Crippen LogP contribution in [0.3, 0.4) is 0 Å². The smallest absolute Gasteiger partial charge is 0.271 e. The van der Waals surface area contributed by atoms with Crippen LogP contribution in [0.25, 0.3) is 0 Å². The van der Waals surface area contributed by atoms with Crippen LogP contribution in [-0.4, -0.2) is 93.4 Å². The van der Waals surface area contributed by atoms with Gasteiger partial charge in [-0.3, -0.25) is 24.2 Å². The summed E-state index contributed by atoms with van der Waals surface area (Å²) in [4.78, 5) is 18.6. The Morgan fingerprint density at radius 2 is 1.76 bits per heavy atom. The number of anilines is 1. The third-order valence-corrected chi connectivity index (χ3v) is 8.76. The molecule has 1 aliphatic rings. The number of benzene rings is 1. The summed E-state index contributed by atoms with van der Waals surface area (Å²) >= 11 is 3.35. The quantitative estimate of drug-likeness (QED) is 0.150. The largest absolute Gasteiger partial charge is 0.367 e. The molecular formula is C22H30BrN5O7S2. The number of rotatable bonds is 12. The fourth-order valence-electron chi connectivity index (χ4n) is 4.19. The molecule has 0 amide bonds. The van der Waals surface area contributed by atoms with Gasteiger partial charge in [-0.1, -0.05) is 15.9 Å². The molecule has 0 radical (unpaired) electrons. The molecule has 0 saturated carbocycles. The summed E-state index contributed by atoms with van der Waals surface area (Å²) in [5, 5.41) is 12.0. The molecule has 0 N–H and O–H groups in total. The maximum Gasteiger partial charge on any atom is 0.271 e. The highest BCUT2D eigenvalue weighted by atomic mass is 79.9. The summed E-state index contributed by atoms with van der Waals surface area (Å²) < 4.78 is 56.8. The predicted octanol–water partition coefficient (Wildman–Crippen LogP) is 1.98. The second-order valence-electron chi connectivity index (χ2n) is 8.60. The van der Waals surface area contributed by atoms with Crippen LogP contribution in [0.5, 0.6) is 0 Å². The number of aryl methyl sites for hydroxylation is 1. The SMILES string of the molecule is Cc1cc([N+](=O)[O-])cc(S(=O)(=O)N2CCN(Cc3ccncc3)CC2)c1N(CCBr)CCOS(C)(=O)=O. The molecule has 0 bridgehead atoms. The van der Waals surface area contributed by atoms with E-state index in [0.717, 1.165) is 17.9 Å². The Balaban J connectivity index is 1.91. The number of nitro groups is 1. The maximum atomic E-state index is 13.9. The highest BCUT2D eigenvalue weighted by Crippen LogP contribution is 2.35. The second kappa shape index (κ2) is 12.6. The van der Waals surface area contributed by atoms with Crippen LogP contribution < -0.4 is 4.90 Å². The van der Waals surface area contributed by atoms with Crippen LogP contribution in [0.15, 0.2) is 41.6 Å². The Labute approximate surface area is 225 Å². The molecule has 1 aromatic carbocycles. The number of hydrogen-bond donors (Lipinski definition) is 0. The Morgan fingerprint density at radius 1 is 1.11 bits per heavy atom. The van der Waals surface area contributed by atoms with E-state index in [9.17, 15) is 26.9 Å². The lowest BCUT2D eigenvalue weighted by molar-refractivity contribution is -0.385. The number of sulfonamides is 1. The maximum absolute atomic E-state index is 13.9. The van der Waals surface area contributed by atoms with Crippen LogP contribution >= 0.6 is 15.9 Å². The third-order valence-electron chi connectivity index (χ3n) is 5.89. The van der Waals surface area contributed by atoms with E-state index in [2.05, 4.69) is 25.8 Å².